The molecule has 2 aliphatic rings. The molecule has 0 saturated heterocycles. The molecular formula is C17H20O2. The van der Waals surface area contributed by atoms with Crippen LogP contribution in [0.2, 0.25) is 0 Å². The number of fused-ring (bicyclic) bond motifs is 2. The predicted molar refractivity (Wildman–Crippen MR) is 75.7 cm³/mol. The average molecular weight is 256 g/mol. The van der Waals surface area contributed by atoms with Gasteiger partial charge in [-0.2, -0.15) is 0 Å². The molecule has 100 valence electrons. The number of aryl methyl sites for hydroxylation is 1. The summed E-state index contributed by atoms with van der Waals surface area (Å²) in [5.74, 6) is -0.0703. The van der Waals surface area contributed by atoms with Crippen molar-refractivity contribution in [3.63, 3.8) is 0 Å². The molecule has 1 aromatic rings. The van der Waals surface area contributed by atoms with Crippen molar-refractivity contribution in [1.29, 1.82) is 0 Å². The second-order valence-electron chi connectivity index (χ2n) is 5.79. The molecule has 19 heavy (non-hydrogen) atoms. The molecule has 0 spiro atoms. The maximum atomic E-state index is 12.2. The highest BCUT2D eigenvalue weighted by Gasteiger charge is 2.42. The number of carbonyl (C=O) groups is 1. The molecule has 2 heteroatoms. The van der Waals surface area contributed by atoms with Gasteiger partial charge in [0.1, 0.15) is 0 Å². The summed E-state index contributed by atoms with van der Waals surface area (Å²) < 4.78 is 5.06. The molecule has 1 unspecified atom stereocenters. The van der Waals surface area contributed by atoms with Gasteiger partial charge in [0.25, 0.3) is 0 Å². The Morgan fingerprint density at radius 1 is 1.21 bits per heavy atom. The van der Waals surface area contributed by atoms with Crippen LogP contribution in [0.15, 0.2) is 29.8 Å². The maximum absolute atomic E-state index is 12.2. The summed E-state index contributed by atoms with van der Waals surface area (Å²) in [5, 5.41) is 0. The summed E-state index contributed by atoms with van der Waals surface area (Å²) in [6, 6.07) is 8.61. The molecule has 2 nitrogen and oxygen atoms in total. The van der Waals surface area contributed by atoms with Crippen LogP contribution in [0.25, 0.3) is 5.57 Å². The van der Waals surface area contributed by atoms with Gasteiger partial charge in [0.15, 0.2) is 0 Å². The summed E-state index contributed by atoms with van der Waals surface area (Å²) in [7, 11) is 1.50. The highest BCUT2D eigenvalue weighted by Crippen LogP contribution is 2.49. The number of benzene rings is 1. The first-order valence-electron chi connectivity index (χ1n) is 7.06. The molecule has 3 rings (SSSR count). The zero-order valence-corrected chi connectivity index (χ0v) is 11.7. The number of allylic oxidation sites excluding steroid dienone is 1. The fourth-order valence-electron chi connectivity index (χ4n) is 3.72. The molecule has 0 fully saturated rings. The van der Waals surface area contributed by atoms with Gasteiger partial charge >= 0.3 is 5.97 Å². The third-order valence-electron chi connectivity index (χ3n) is 4.76. The Morgan fingerprint density at radius 3 is 2.79 bits per heavy atom. The Morgan fingerprint density at radius 2 is 2.00 bits per heavy atom. The van der Waals surface area contributed by atoms with Gasteiger partial charge in [-0.3, -0.25) is 4.79 Å². The largest absolute Gasteiger partial charge is 0.468 e. The van der Waals surface area contributed by atoms with Crippen molar-refractivity contribution < 1.29 is 9.53 Å². The molecule has 0 amide bonds. The molecule has 1 atom stereocenters. The number of hydrogen-bond acceptors (Lipinski definition) is 2. The molecule has 0 heterocycles. The summed E-state index contributed by atoms with van der Waals surface area (Å²) in [4.78, 5) is 12.2. The van der Waals surface area contributed by atoms with Crippen molar-refractivity contribution in [3.05, 3.63) is 41.0 Å². The molecule has 0 bridgehead atoms. The maximum Gasteiger partial charge on any atom is 0.315 e. The van der Waals surface area contributed by atoms with Crippen LogP contribution in [-0.2, 0) is 16.0 Å². The Labute approximate surface area is 114 Å². The molecule has 2 aliphatic carbocycles. The molecule has 0 N–H and O–H groups in total. The average Bonchev–Trinajstić information content (AvgIpc) is 2.46. The van der Waals surface area contributed by atoms with Gasteiger partial charge in [-0.15, -0.1) is 0 Å². The van der Waals surface area contributed by atoms with Crippen molar-refractivity contribution in [1.82, 2.24) is 0 Å². The van der Waals surface area contributed by atoms with Gasteiger partial charge in [0.05, 0.1) is 12.5 Å². The molecule has 0 aromatic heterocycles. The fourth-order valence-corrected chi connectivity index (χ4v) is 3.72. The topological polar surface area (TPSA) is 26.3 Å². The van der Waals surface area contributed by atoms with Gasteiger partial charge in [-0.25, -0.2) is 0 Å². The van der Waals surface area contributed by atoms with Gasteiger partial charge in [0, 0.05) is 0 Å². The van der Waals surface area contributed by atoms with E-state index in [1.807, 2.05) is 0 Å². The van der Waals surface area contributed by atoms with Gasteiger partial charge in [-0.05, 0) is 61.3 Å². The fraction of sp³-hybridized carbons (Fsp3) is 0.471. The van der Waals surface area contributed by atoms with Crippen molar-refractivity contribution in [2.45, 2.75) is 39.0 Å². The monoisotopic (exact) mass is 256 g/mol. The number of ether oxygens (including phenoxy) is 1. The van der Waals surface area contributed by atoms with Crippen LogP contribution in [0.4, 0.5) is 0 Å². The van der Waals surface area contributed by atoms with E-state index in [1.54, 1.807) is 0 Å². The van der Waals surface area contributed by atoms with Crippen LogP contribution < -0.4 is 0 Å². The lowest BCUT2D eigenvalue weighted by atomic mass is 9.65. The van der Waals surface area contributed by atoms with Crippen LogP contribution in [0.1, 0.15) is 43.7 Å². The zero-order chi connectivity index (χ0) is 13.5. The van der Waals surface area contributed by atoms with E-state index in [4.69, 9.17) is 4.74 Å². The highest BCUT2D eigenvalue weighted by atomic mass is 16.5. The van der Waals surface area contributed by atoms with E-state index in [2.05, 4.69) is 31.2 Å². The van der Waals surface area contributed by atoms with E-state index in [1.165, 1.54) is 29.4 Å². The SMILES string of the molecule is COC(=O)C1(C)CCCC2=C1CCc1ccccc12. The van der Waals surface area contributed by atoms with Crippen molar-refractivity contribution >= 4 is 11.5 Å². The number of carbonyl (C=O) groups excluding carboxylic acids is 1. The third-order valence-corrected chi connectivity index (χ3v) is 4.76. The smallest absolute Gasteiger partial charge is 0.315 e. The quantitative estimate of drug-likeness (QED) is 0.715. The molecule has 0 radical (unpaired) electrons. The molecular weight excluding hydrogens is 236 g/mol. The summed E-state index contributed by atoms with van der Waals surface area (Å²) in [6.07, 6.45) is 5.12. The van der Waals surface area contributed by atoms with Gasteiger partial charge in [0.2, 0.25) is 0 Å². The van der Waals surface area contributed by atoms with Crippen LogP contribution >= 0.6 is 0 Å². The van der Waals surface area contributed by atoms with E-state index >= 15 is 0 Å². The number of rotatable bonds is 1. The van der Waals surface area contributed by atoms with E-state index in [9.17, 15) is 4.79 Å². The Bertz CT molecular complexity index is 556. The standard InChI is InChI=1S/C17H20O2/c1-17(16(18)19-2)11-5-8-14-13-7-4-3-6-12(13)9-10-15(14)17/h3-4,6-7H,5,8-11H2,1-2H3. The van der Waals surface area contributed by atoms with E-state index in [-0.39, 0.29) is 5.97 Å². The van der Waals surface area contributed by atoms with E-state index in [0.717, 1.165) is 32.1 Å². The lowest BCUT2D eigenvalue weighted by Gasteiger charge is -2.39. The predicted octanol–water partition coefficient (Wildman–Crippen LogP) is 3.75. The number of hydrogen-bond donors (Lipinski definition) is 0. The van der Waals surface area contributed by atoms with E-state index in [0.29, 0.717) is 0 Å². The summed E-state index contributed by atoms with van der Waals surface area (Å²) in [6.45, 7) is 2.06. The van der Waals surface area contributed by atoms with Crippen molar-refractivity contribution in [2.24, 2.45) is 5.41 Å². The van der Waals surface area contributed by atoms with Gasteiger partial charge in [-0.1, -0.05) is 24.3 Å². The van der Waals surface area contributed by atoms with Crippen LogP contribution in [0, 0.1) is 5.41 Å². The van der Waals surface area contributed by atoms with Crippen molar-refractivity contribution in [2.75, 3.05) is 7.11 Å². The second kappa shape index (κ2) is 4.52. The summed E-state index contributed by atoms with van der Waals surface area (Å²) in [5.41, 5.74) is 5.11. The van der Waals surface area contributed by atoms with Gasteiger partial charge < -0.3 is 4.74 Å². The number of esters is 1. The zero-order valence-electron chi connectivity index (χ0n) is 11.7. The minimum absolute atomic E-state index is 0.0703. The Balaban J connectivity index is 2.14. The lowest BCUT2D eigenvalue weighted by Crippen LogP contribution is -2.35. The third kappa shape index (κ3) is 1.81. The normalized spacial score (nSPS) is 25.6. The first kappa shape index (κ1) is 12.5. The molecule has 0 saturated carbocycles. The molecule has 0 aliphatic heterocycles. The Kier molecular flexibility index (Phi) is 2.96. The molecule has 1 aromatic carbocycles. The van der Waals surface area contributed by atoms with Crippen LogP contribution in [-0.4, -0.2) is 13.1 Å². The van der Waals surface area contributed by atoms with Crippen LogP contribution in [0.3, 0.4) is 0 Å². The highest BCUT2D eigenvalue weighted by molar-refractivity contribution is 5.87. The lowest BCUT2D eigenvalue weighted by molar-refractivity contribution is -0.150. The minimum atomic E-state index is -0.407. The minimum Gasteiger partial charge on any atom is -0.468 e. The number of methoxy groups -OCH3 is 1. The van der Waals surface area contributed by atoms with E-state index < -0.39 is 5.41 Å². The Hall–Kier alpha value is -1.57. The first-order valence-corrected chi connectivity index (χ1v) is 7.06. The van der Waals surface area contributed by atoms with Crippen LogP contribution in [0.5, 0.6) is 0 Å². The summed E-state index contributed by atoms with van der Waals surface area (Å²) >= 11 is 0. The van der Waals surface area contributed by atoms with Crippen molar-refractivity contribution in [3.8, 4) is 0 Å². The first-order chi connectivity index (χ1) is 9.16. The second-order valence-corrected chi connectivity index (χ2v) is 5.79.